The molecule has 224 valence electrons. The molecular weight excluding hydrogens is 585 g/mol. The Morgan fingerprint density at radius 2 is 1.76 bits per heavy atom. The first-order valence-electron chi connectivity index (χ1n) is 13.7. The molecule has 0 aliphatic carbocycles. The molecule has 1 saturated heterocycles. The largest absolute Gasteiger partial charge is 0.465 e. The number of aryl methyl sites for hydroxylation is 1. The average Bonchev–Trinajstić information content (AvgIpc) is 3.24. The van der Waals surface area contributed by atoms with Gasteiger partial charge in [-0.05, 0) is 55.2 Å². The van der Waals surface area contributed by atoms with E-state index in [9.17, 15) is 14.4 Å². The maximum Gasteiger partial charge on any atom is 0.325 e. The molecule has 0 atom stereocenters. The smallest absolute Gasteiger partial charge is 0.325 e. The predicted molar refractivity (Wildman–Crippen MR) is 164 cm³/mol. The third kappa shape index (κ3) is 7.57. The third-order valence-corrected chi connectivity index (χ3v) is 12.7. The van der Waals surface area contributed by atoms with Gasteiger partial charge in [-0.3, -0.25) is 14.5 Å². The van der Waals surface area contributed by atoms with Crippen molar-refractivity contribution in [2.45, 2.75) is 59.2 Å². The summed E-state index contributed by atoms with van der Waals surface area (Å²) in [4.78, 5) is 51.5. The lowest BCUT2D eigenvalue weighted by Crippen LogP contribution is -2.43. The molecule has 3 amide bonds. The summed E-state index contributed by atoms with van der Waals surface area (Å²) in [6.45, 7) is 16.0. The monoisotopic (exact) mass is 623 g/mol. The van der Waals surface area contributed by atoms with Crippen molar-refractivity contribution in [3.8, 4) is 0 Å². The molecule has 0 bridgehead atoms. The van der Waals surface area contributed by atoms with Crippen LogP contribution < -0.4 is 9.80 Å². The van der Waals surface area contributed by atoms with Gasteiger partial charge >= 0.3 is 12.0 Å². The van der Waals surface area contributed by atoms with Gasteiger partial charge in [0.25, 0.3) is 5.91 Å². The van der Waals surface area contributed by atoms with E-state index in [2.05, 4.69) is 43.8 Å². The topological polar surface area (TPSA) is 105 Å². The number of anilines is 2. The molecule has 2 aromatic rings. The fourth-order valence-corrected chi connectivity index (χ4v) is 5.72. The predicted octanol–water partition coefficient (Wildman–Crippen LogP) is 5.82. The zero-order chi connectivity index (χ0) is 30.5. The highest BCUT2D eigenvalue weighted by Gasteiger charge is 2.37. The second-order valence-electron chi connectivity index (χ2n) is 11.2. The molecule has 2 heterocycles. The van der Waals surface area contributed by atoms with Crippen LogP contribution in [0, 0.1) is 0 Å². The summed E-state index contributed by atoms with van der Waals surface area (Å²) in [6, 6.07) is 5.22. The van der Waals surface area contributed by atoms with Crippen LogP contribution in [0.2, 0.25) is 28.4 Å². The number of aromatic nitrogens is 2. The van der Waals surface area contributed by atoms with Gasteiger partial charge in [0.05, 0.1) is 13.2 Å². The first kappa shape index (κ1) is 32.8. The van der Waals surface area contributed by atoms with E-state index in [0.29, 0.717) is 31.8 Å². The van der Waals surface area contributed by atoms with Crippen LogP contribution in [0.25, 0.3) is 0 Å². The molecule has 13 heteroatoms. The minimum atomic E-state index is -2.08. The van der Waals surface area contributed by atoms with Crippen LogP contribution >= 0.6 is 23.2 Å². The number of carbonyl (C=O) groups is 3. The Hall–Kier alpha value is -2.73. The van der Waals surface area contributed by atoms with Crippen molar-refractivity contribution in [1.29, 1.82) is 0 Å². The Bertz CT molecular complexity index is 1270. The number of esters is 1. The van der Waals surface area contributed by atoms with Crippen molar-refractivity contribution in [2.24, 2.45) is 0 Å². The van der Waals surface area contributed by atoms with Crippen molar-refractivity contribution < 1.29 is 23.5 Å². The fourth-order valence-electron chi connectivity index (χ4n) is 4.21. The molecule has 1 aliphatic heterocycles. The molecule has 1 aromatic carbocycles. The molecule has 3 rings (SSSR count). The van der Waals surface area contributed by atoms with E-state index in [4.69, 9.17) is 32.4 Å². The Morgan fingerprint density at radius 3 is 2.34 bits per heavy atom. The summed E-state index contributed by atoms with van der Waals surface area (Å²) in [7, 11) is -2.08. The highest BCUT2D eigenvalue weighted by Crippen LogP contribution is 2.37. The van der Waals surface area contributed by atoms with Crippen molar-refractivity contribution >= 4 is 60.8 Å². The number of nitrogens with zero attached hydrogens (tertiary/aromatic N) is 5. The Kier molecular flexibility index (Phi) is 10.8. The quantitative estimate of drug-likeness (QED) is 0.176. The lowest BCUT2D eigenvalue weighted by Gasteiger charge is -2.37. The maximum absolute atomic E-state index is 13.8. The highest BCUT2D eigenvalue weighted by atomic mass is 35.5. The molecule has 1 aliphatic rings. The van der Waals surface area contributed by atoms with E-state index in [0.717, 1.165) is 11.3 Å². The van der Waals surface area contributed by atoms with Gasteiger partial charge in [0.1, 0.15) is 28.7 Å². The van der Waals surface area contributed by atoms with Gasteiger partial charge in [0, 0.05) is 31.0 Å². The number of carbonyl (C=O) groups excluding carboxylic acids is 3. The molecule has 1 fully saturated rings. The number of benzene rings is 1. The first-order chi connectivity index (χ1) is 19.2. The summed E-state index contributed by atoms with van der Waals surface area (Å²) >= 11 is 12.6. The zero-order valence-corrected chi connectivity index (χ0v) is 27.3. The van der Waals surface area contributed by atoms with Gasteiger partial charge in [-0.15, -0.1) is 0 Å². The zero-order valence-electron chi connectivity index (χ0n) is 24.8. The summed E-state index contributed by atoms with van der Waals surface area (Å²) in [6.07, 6.45) is 1.80. The van der Waals surface area contributed by atoms with Crippen LogP contribution in [0.4, 0.5) is 16.2 Å². The number of hydrogen-bond donors (Lipinski definition) is 0. The van der Waals surface area contributed by atoms with E-state index >= 15 is 0 Å². The highest BCUT2D eigenvalue weighted by molar-refractivity contribution is 6.74. The van der Waals surface area contributed by atoms with E-state index in [-0.39, 0.29) is 46.6 Å². The molecule has 0 radical (unpaired) electrons. The molecule has 10 nitrogen and oxygen atoms in total. The number of amides is 3. The number of urea groups is 1. The molecular formula is C28H39Cl2N5O5Si. The minimum absolute atomic E-state index is 0.00216. The average molecular weight is 625 g/mol. The van der Waals surface area contributed by atoms with Crippen LogP contribution in [-0.2, 0) is 20.4 Å². The summed E-state index contributed by atoms with van der Waals surface area (Å²) in [5, 5.41) is -0.0775. The lowest BCUT2D eigenvalue weighted by molar-refractivity contribution is -0.143. The Balaban J connectivity index is 1.93. The summed E-state index contributed by atoms with van der Waals surface area (Å²) < 4.78 is 11.4. The van der Waals surface area contributed by atoms with Crippen LogP contribution in [0.1, 0.15) is 50.5 Å². The van der Waals surface area contributed by atoms with Crippen molar-refractivity contribution in [3.63, 3.8) is 0 Å². The van der Waals surface area contributed by atoms with Crippen molar-refractivity contribution in [2.75, 3.05) is 49.2 Å². The van der Waals surface area contributed by atoms with Gasteiger partial charge < -0.3 is 19.0 Å². The number of hydrogen-bond acceptors (Lipinski definition) is 7. The van der Waals surface area contributed by atoms with E-state index in [1.165, 1.54) is 11.2 Å². The Labute approximate surface area is 253 Å². The van der Waals surface area contributed by atoms with Gasteiger partial charge in [-0.1, -0.05) is 50.9 Å². The second kappa shape index (κ2) is 13.5. The van der Waals surface area contributed by atoms with Crippen LogP contribution in [0.15, 0.2) is 24.5 Å². The number of ether oxygens (including phenoxy) is 1. The Morgan fingerprint density at radius 1 is 1.10 bits per heavy atom. The molecule has 0 N–H and O–H groups in total. The number of rotatable bonds is 11. The fraction of sp³-hybridized carbons (Fsp3) is 0.536. The van der Waals surface area contributed by atoms with Gasteiger partial charge in [-0.2, -0.15) is 0 Å². The number of halogens is 2. The minimum Gasteiger partial charge on any atom is -0.465 e. The molecule has 0 unspecified atom stereocenters. The lowest BCUT2D eigenvalue weighted by atomic mass is 10.1. The second-order valence-corrected chi connectivity index (χ2v) is 16.7. The van der Waals surface area contributed by atoms with Crippen LogP contribution in [-0.4, -0.2) is 80.5 Å². The SMILES string of the molecule is CCOC(=O)CN1CCN(c2ccc(N(CCO[Si](C)(C)C(C)(C)C)C(=O)c3c(Cl)ncnc3Cl)cc2CC)C1=O. The summed E-state index contributed by atoms with van der Waals surface area (Å²) in [5.41, 5.74) is 2.19. The third-order valence-electron chi connectivity index (χ3n) is 7.56. The van der Waals surface area contributed by atoms with E-state index < -0.39 is 20.2 Å². The first-order valence-corrected chi connectivity index (χ1v) is 17.3. The molecule has 0 spiro atoms. The standard InChI is InChI=1S/C28H39Cl2N5O5Si/c1-8-19-16-20(10-11-21(19)35-13-12-33(27(35)38)17-22(36)39-9-2)34(14-15-40-41(6,7)28(3,4)5)26(37)23-24(29)31-18-32-25(23)30/h10-11,16,18H,8-9,12-15,17H2,1-7H3. The van der Waals surface area contributed by atoms with Gasteiger partial charge in [-0.25, -0.2) is 14.8 Å². The normalized spacial score (nSPS) is 14.0. The molecule has 1 aromatic heterocycles. The molecule has 0 saturated carbocycles. The maximum atomic E-state index is 13.8. The van der Waals surface area contributed by atoms with Crippen molar-refractivity contribution in [3.05, 3.63) is 46.0 Å². The molecule has 41 heavy (non-hydrogen) atoms. The summed E-state index contributed by atoms with van der Waals surface area (Å²) in [5.74, 6) is -0.892. The van der Waals surface area contributed by atoms with E-state index in [1.54, 1.807) is 22.8 Å². The van der Waals surface area contributed by atoms with Crippen molar-refractivity contribution in [1.82, 2.24) is 14.9 Å². The van der Waals surface area contributed by atoms with Crippen LogP contribution in [0.3, 0.4) is 0 Å². The van der Waals surface area contributed by atoms with Crippen LogP contribution in [0.5, 0.6) is 0 Å². The van der Waals surface area contributed by atoms with E-state index in [1.807, 2.05) is 19.1 Å². The van der Waals surface area contributed by atoms with Gasteiger partial charge in [0.15, 0.2) is 8.32 Å². The van der Waals surface area contributed by atoms with Gasteiger partial charge in [0.2, 0.25) is 0 Å².